The van der Waals surface area contributed by atoms with E-state index in [1.807, 2.05) is 0 Å². The first kappa shape index (κ1) is 17.5. The lowest BCUT2D eigenvalue weighted by molar-refractivity contribution is 0.0704. The first-order valence-corrected chi connectivity index (χ1v) is 9.22. The molecule has 0 spiro atoms. The molecule has 0 radical (unpaired) electrons. The van der Waals surface area contributed by atoms with Crippen LogP contribution in [0.25, 0.3) is 0 Å². The van der Waals surface area contributed by atoms with Crippen LogP contribution in [-0.4, -0.2) is 49.8 Å². The van der Waals surface area contributed by atoms with Gasteiger partial charge in [-0.1, -0.05) is 0 Å². The Morgan fingerprint density at radius 2 is 1.96 bits per heavy atom. The van der Waals surface area contributed by atoms with Crippen LogP contribution in [0.15, 0.2) is 6.07 Å². The summed E-state index contributed by atoms with van der Waals surface area (Å²) in [6, 6.07) is 2.04. The van der Waals surface area contributed by atoms with Gasteiger partial charge in [0.15, 0.2) is 11.5 Å². The van der Waals surface area contributed by atoms with Gasteiger partial charge in [-0.25, -0.2) is 0 Å². The normalized spacial score (nSPS) is 16.2. The number of H-pyrrole nitrogens is 1. The van der Waals surface area contributed by atoms with Gasteiger partial charge in [-0.3, -0.25) is 19.1 Å². The molecule has 1 fully saturated rings. The number of hydrogen-bond acceptors (Lipinski definition) is 4. The summed E-state index contributed by atoms with van der Waals surface area (Å²) in [6.45, 7) is 6.53. The van der Waals surface area contributed by atoms with Gasteiger partial charge in [0.05, 0.1) is 30.0 Å². The summed E-state index contributed by atoms with van der Waals surface area (Å²) < 4.78 is 1.80. The maximum Gasteiger partial charge on any atom is 0.272 e. The van der Waals surface area contributed by atoms with Crippen LogP contribution in [0.1, 0.15) is 68.1 Å². The van der Waals surface area contributed by atoms with Gasteiger partial charge in [0.25, 0.3) is 11.8 Å². The van der Waals surface area contributed by atoms with Crippen LogP contribution in [0, 0.1) is 13.8 Å². The van der Waals surface area contributed by atoms with Crippen LogP contribution in [-0.2, 0) is 13.1 Å². The van der Waals surface area contributed by atoms with E-state index < -0.39 is 0 Å². The number of aromatic nitrogens is 3. The van der Waals surface area contributed by atoms with Crippen molar-refractivity contribution >= 4 is 17.6 Å². The Hall–Kier alpha value is -2.90. The molecule has 1 saturated carbocycles. The van der Waals surface area contributed by atoms with E-state index in [9.17, 15) is 14.4 Å². The standard InChI is InChI=1S/C19H23N5O3/c1-10-16(11(2)20-17(10)12(3)25)19(27)23-6-7-24-14(9-23)8-15(22-24)18(26)21-13-4-5-13/h8,13,20H,4-7,9H2,1-3H3,(H,21,26). The third-order valence-corrected chi connectivity index (χ3v) is 5.23. The molecule has 1 aliphatic heterocycles. The fraction of sp³-hybridized carbons (Fsp3) is 0.474. The van der Waals surface area contributed by atoms with Crippen molar-refractivity contribution in [3.8, 4) is 0 Å². The van der Waals surface area contributed by atoms with Gasteiger partial charge >= 0.3 is 0 Å². The molecule has 0 aromatic carbocycles. The highest BCUT2D eigenvalue weighted by atomic mass is 16.2. The van der Waals surface area contributed by atoms with E-state index in [-0.39, 0.29) is 23.6 Å². The Labute approximate surface area is 156 Å². The lowest BCUT2D eigenvalue weighted by Gasteiger charge is -2.28. The van der Waals surface area contributed by atoms with Gasteiger partial charge in [0.1, 0.15) is 0 Å². The van der Waals surface area contributed by atoms with E-state index >= 15 is 0 Å². The van der Waals surface area contributed by atoms with Crippen LogP contribution in [0.5, 0.6) is 0 Å². The number of aryl methyl sites for hydroxylation is 1. The van der Waals surface area contributed by atoms with E-state index in [1.165, 1.54) is 6.92 Å². The minimum absolute atomic E-state index is 0.0855. The average molecular weight is 369 g/mol. The topological polar surface area (TPSA) is 100 Å². The second-order valence-corrected chi connectivity index (χ2v) is 7.40. The van der Waals surface area contributed by atoms with Crippen molar-refractivity contribution in [3.63, 3.8) is 0 Å². The molecule has 2 aliphatic rings. The zero-order valence-corrected chi connectivity index (χ0v) is 15.8. The molecule has 1 aliphatic carbocycles. The third kappa shape index (κ3) is 3.15. The Kier molecular flexibility index (Phi) is 4.13. The maximum atomic E-state index is 13.1. The number of hydrogen-bond donors (Lipinski definition) is 2. The molecule has 0 bridgehead atoms. The quantitative estimate of drug-likeness (QED) is 0.799. The zero-order valence-electron chi connectivity index (χ0n) is 15.8. The molecule has 142 valence electrons. The van der Waals surface area contributed by atoms with Crippen LogP contribution in [0.3, 0.4) is 0 Å². The van der Waals surface area contributed by atoms with Gasteiger partial charge in [0, 0.05) is 25.2 Å². The maximum absolute atomic E-state index is 13.1. The van der Waals surface area contributed by atoms with Crippen molar-refractivity contribution in [2.75, 3.05) is 6.54 Å². The van der Waals surface area contributed by atoms with Crippen molar-refractivity contribution in [1.29, 1.82) is 0 Å². The number of nitrogens with zero attached hydrogens (tertiary/aromatic N) is 3. The average Bonchev–Trinajstić information content (AvgIpc) is 3.24. The minimum atomic E-state index is -0.152. The zero-order chi connectivity index (χ0) is 19.3. The van der Waals surface area contributed by atoms with E-state index in [1.54, 1.807) is 29.5 Å². The summed E-state index contributed by atoms with van der Waals surface area (Å²) in [5.74, 6) is -0.344. The Morgan fingerprint density at radius 1 is 1.22 bits per heavy atom. The summed E-state index contributed by atoms with van der Waals surface area (Å²) in [4.78, 5) is 41.8. The molecule has 2 aromatic rings. The lowest BCUT2D eigenvalue weighted by atomic mass is 10.1. The van der Waals surface area contributed by atoms with Crippen LogP contribution in [0.4, 0.5) is 0 Å². The van der Waals surface area contributed by atoms with Crippen molar-refractivity contribution in [1.82, 2.24) is 25.0 Å². The Morgan fingerprint density at radius 3 is 2.59 bits per heavy atom. The van der Waals surface area contributed by atoms with Gasteiger partial charge < -0.3 is 15.2 Å². The number of amides is 2. The second-order valence-electron chi connectivity index (χ2n) is 7.40. The van der Waals surface area contributed by atoms with E-state index in [0.29, 0.717) is 47.8 Å². The predicted octanol–water partition coefficient (Wildman–Crippen LogP) is 1.58. The highest BCUT2D eigenvalue weighted by Crippen LogP contribution is 2.24. The summed E-state index contributed by atoms with van der Waals surface area (Å²) >= 11 is 0. The minimum Gasteiger partial charge on any atom is -0.355 e. The number of aromatic amines is 1. The molecule has 3 heterocycles. The van der Waals surface area contributed by atoms with Crippen LogP contribution < -0.4 is 5.32 Å². The first-order valence-electron chi connectivity index (χ1n) is 9.22. The fourth-order valence-corrected chi connectivity index (χ4v) is 3.62. The second kappa shape index (κ2) is 6.37. The smallest absolute Gasteiger partial charge is 0.272 e. The van der Waals surface area contributed by atoms with Crippen LogP contribution in [0.2, 0.25) is 0 Å². The van der Waals surface area contributed by atoms with E-state index in [2.05, 4.69) is 15.4 Å². The van der Waals surface area contributed by atoms with E-state index in [0.717, 1.165) is 18.5 Å². The van der Waals surface area contributed by atoms with E-state index in [4.69, 9.17) is 0 Å². The molecule has 0 atom stereocenters. The molecule has 2 amide bonds. The predicted molar refractivity (Wildman–Crippen MR) is 97.7 cm³/mol. The molecule has 0 unspecified atom stereocenters. The number of fused-ring (bicyclic) bond motifs is 1. The number of rotatable bonds is 4. The highest BCUT2D eigenvalue weighted by Gasteiger charge is 2.30. The fourth-order valence-electron chi connectivity index (χ4n) is 3.62. The van der Waals surface area contributed by atoms with Crippen LogP contribution >= 0.6 is 0 Å². The molecular formula is C19H23N5O3. The lowest BCUT2D eigenvalue weighted by Crippen LogP contribution is -2.38. The molecular weight excluding hydrogens is 346 g/mol. The summed E-state index contributed by atoms with van der Waals surface area (Å²) in [5.41, 5.74) is 3.67. The molecule has 8 heteroatoms. The van der Waals surface area contributed by atoms with Crippen molar-refractivity contribution in [2.24, 2.45) is 0 Å². The van der Waals surface area contributed by atoms with Gasteiger partial charge in [0.2, 0.25) is 0 Å². The largest absolute Gasteiger partial charge is 0.355 e. The third-order valence-electron chi connectivity index (χ3n) is 5.23. The monoisotopic (exact) mass is 369 g/mol. The molecule has 2 aromatic heterocycles. The number of nitrogens with one attached hydrogen (secondary N) is 2. The number of Topliss-reactive ketones (excluding diaryl/α,β-unsaturated/α-hetero) is 1. The van der Waals surface area contributed by atoms with Gasteiger partial charge in [-0.05, 0) is 38.3 Å². The Balaban J connectivity index is 1.54. The Bertz CT molecular complexity index is 951. The number of carbonyl (C=O) groups is 3. The van der Waals surface area contributed by atoms with Crippen molar-refractivity contribution in [2.45, 2.75) is 52.7 Å². The molecule has 0 saturated heterocycles. The highest BCUT2D eigenvalue weighted by molar-refractivity contribution is 6.02. The molecule has 27 heavy (non-hydrogen) atoms. The molecule has 8 nitrogen and oxygen atoms in total. The van der Waals surface area contributed by atoms with Gasteiger partial charge in [-0.2, -0.15) is 5.10 Å². The number of carbonyl (C=O) groups excluding carboxylic acids is 3. The molecule has 4 rings (SSSR count). The number of ketones is 1. The van der Waals surface area contributed by atoms with Crippen molar-refractivity contribution < 1.29 is 14.4 Å². The summed E-state index contributed by atoms with van der Waals surface area (Å²) in [7, 11) is 0. The summed E-state index contributed by atoms with van der Waals surface area (Å²) in [6.07, 6.45) is 2.05. The van der Waals surface area contributed by atoms with Gasteiger partial charge in [-0.15, -0.1) is 0 Å². The SMILES string of the molecule is CC(=O)c1[nH]c(C)c(C(=O)N2CCn3nc(C(=O)NC4CC4)cc3C2)c1C. The first-order chi connectivity index (χ1) is 12.8. The molecule has 2 N–H and O–H groups in total. The van der Waals surface area contributed by atoms with Crippen molar-refractivity contribution in [3.05, 3.63) is 40.0 Å². The summed E-state index contributed by atoms with van der Waals surface area (Å²) in [5, 5.41) is 7.31.